The van der Waals surface area contributed by atoms with E-state index in [1.807, 2.05) is 13.0 Å². The lowest BCUT2D eigenvalue weighted by Gasteiger charge is -2.07. The van der Waals surface area contributed by atoms with Crippen LogP contribution in [0.5, 0.6) is 5.75 Å². The molecule has 96 valence electrons. The van der Waals surface area contributed by atoms with Crippen molar-refractivity contribution in [2.75, 3.05) is 12.4 Å². The SMILES string of the molecule is Cc1cc(OCCCCS(N)(=O)=O)ccc1Cl. The fourth-order valence-corrected chi connectivity index (χ4v) is 2.03. The number of primary sulfonamides is 1. The van der Waals surface area contributed by atoms with Gasteiger partial charge in [0.1, 0.15) is 5.75 Å². The molecule has 0 aliphatic rings. The molecule has 0 aromatic heterocycles. The van der Waals surface area contributed by atoms with Gasteiger partial charge in [-0.1, -0.05) is 11.6 Å². The van der Waals surface area contributed by atoms with Gasteiger partial charge in [0.25, 0.3) is 0 Å². The van der Waals surface area contributed by atoms with Crippen molar-refractivity contribution in [2.45, 2.75) is 19.8 Å². The molecule has 0 unspecified atom stereocenters. The highest BCUT2D eigenvalue weighted by Crippen LogP contribution is 2.21. The molecule has 2 N–H and O–H groups in total. The normalized spacial score (nSPS) is 11.5. The van der Waals surface area contributed by atoms with E-state index in [0.29, 0.717) is 24.5 Å². The Morgan fingerprint density at radius 2 is 2.06 bits per heavy atom. The third-order valence-corrected chi connectivity index (χ3v) is 3.50. The molecule has 1 aromatic rings. The van der Waals surface area contributed by atoms with Gasteiger partial charge in [0.05, 0.1) is 12.4 Å². The monoisotopic (exact) mass is 277 g/mol. The molecule has 1 aromatic carbocycles. The first-order valence-corrected chi connectivity index (χ1v) is 7.37. The molecule has 6 heteroatoms. The van der Waals surface area contributed by atoms with Crippen LogP contribution in [0.4, 0.5) is 0 Å². The summed E-state index contributed by atoms with van der Waals surface area (Å²) in [5.74, 6) is 0.734. The van der Waals surface area contributed by atoms with Gasteiger partial charge in [0, 0.05) is 5.02 Å². The lowest BCUT2D eigenvalue weighted by atomic mass is 10.2. The minimum Gasteiger partial charge on any atom is -0.494 e. The predicted molar refractivity (Wildman–Crippen MR) is 68.9 cm³/mol. The van der Waals surface area contributed by atoms with E-state index in [-0.39, 0.29) is 5.75 Å². The zero-order valence-corrected chi connectivity index (χ0v) is 11.2. The number of aryl methyl sites for hydroxylation is 1. The molecule has 0 aliphatic heterocycles. The van der Waals surface area contributed by atoms with Crippen molar-refractivity contribution in [1.82, 2.24) is 0 Å². The highest BCUT2D eigenvalue weighted by molar-refractivity contribution is 7.89. The van der Waals surface area contributed by atoms with E-state index in [4.69, 9.17) is 21.5 Å². The molecule has 0 fully saturated rings. The van der Waals surface area contributed by atoms with Crippen LogP contribution in [-0.4, -0.2) is 20.8 Å². The van der Waals surface area contributed by atoms with Gasteiger partial charge in [-0.2, -0.15) is 0 Å². The van der Waals surface area contributed by atoms with Crippen LogP contribution in [0.25, 0.3) is 0 Å². The summed E-state index contributed by atoms with van der Waals surface area (Å²) in [7, 11) is -3.35. The molecule has 0 atom stereocenters. The Morgan fingerprint density at radius 3 is 2.65 bits per heavy atom. The largest absolute Gasteiger partial charge is 0.494 e. The van der Waals surface area contributed by atoms with E-state index in [1.165, 1.54) is 0 Å². The number of hydrogen-bond donors (Lipinski definition) is 1. The van der Waals surface area contributed by atoms with Crippen molar-refractivity contribution >= 4 is 21.6 Å². The fourth-order valence-electron chi connectivity index (χ4n) is 1.30. The van der Waals surface area contributed by atoms with Crippen LogP contribution in [0.15, 0.2) is 18.2 Å². The summed E-state index contributed by atoms with van der Waals surface area (Å²) in [6, 6.07) is 5.41. The maximum Gasteiger partial charge on any atom is 0.209 e. The first-order valence-electron chi connectivity index (χ1n) is 5.28. The molecule has 0 spiro atoms. The zero-order valence-electron chi connectivity index (χ0n) is 9.65. The van der Waals surface area contributed by atoms with Gasteiger partial charge in [-0.05, 0) is 43.5 Å². The van der Waals surface area contributed by atoms with Crippen LogP contribution in [0.2, 0.25) is 5.02 Å². The van der Waals surface area contributed by atoms with Crippen molar-refractivity contribution in [1.29, 1.82) is 0 Å². The van der Waals surface area contributed by atoms with Crippen molar-refractivity contribution in [3.63, 3.8) is 0 Å². The maximum absolute atomic E-state index is 10.7. The third kappa shape index (κ3) is 5.91. The van der Waals surface area contributed by atoms with Crippen molar-refractivity contribution in [2.24, 2.45) is 5.14 Å². The number of sulfonamides is 1. The predicted octanol–water partition coefficient (Wildman–Crippen LogP) is 2.10. The van der Waals surface area contributed by atoms with E-state index >= 15 is 0 Å². The van der Waals surface area contributed by atoms with Gasteiger partial charge in [-0.15, -0.1) is 0 Å². The lowest BCUT2D eigenvalue weighted by molar-refractivity contribution is 0.309. The Kier molecular flexibility index (Phi) is 5.24. The Morgan fingerprint density at radius 1 is 1.35 bits per heavy atom. The number of rotatable bonds is 6. The summed E-state index contributed by atoms with van der Waals surface area (Å²) in [4.78, 5) is 0. The van der Waals surface area contributed by atoms with Gasteiger partial charge in [0.15, 0.2) is 0 Å². The summed E-state index contributed by atoms with van der Waals surface area (Å²) >= 11 is 5.88. The molecule has 0 bridgehead atoms. The summed E-state index contributed by atoms with van der Waals surface area (Å²) in [5, 5.41) is 5.58. The number of ether oxygens (including phenoxy) is 1. The Bertz CT molecular complexity index is 474. The molecule has 17 heavy (non-hydrogen) atoms. The lowest BCUT2D eigenvalue weighted by Crippen LogP contribution is -2.16. The quantitative estimate of drug-likeness (QED) is 0.810. The minimum atomic E-state index is -3.35. The average molecular weight is 278 g/mol. The second kappa shape index (κ2) is 6.23. The summed E-state index contributed by atoms with van der Waals surface area (Å²) in [6.07, 6.45) is 1.16. The van der Waals surface area contributed by atoms with Crippen LogP contribution in [0.3, 0.4) is 0 Å². The number of unbranched alkanes of at least 4 members (excludes halogenated alkanes) is 1. The van der Waals surface area contributed by atoms with Crippen molar-refractivity contribution < 1.29 is 13.2 Å². The van der Waals surface area contributed by atoms with Crippen LogP contribution >= 0.6 is 11.6 Å². The van der Waals surface area contributed by atoms with Crippen molar-refractivity contribution in [3.05, 3.63) is 28.8 Å². The molecular formula is C11H16ClNO3S. The van der Waals surface area contributed by atoms with Gasteiger partial charge < -0.3 is 4.74 Å². The number of nitrogens with two attached hydrogens (primary N) is 1. The van der Waals surface area contributed by atoms with Crippen LogP contribution in [0, 0.1) is 6.92 Å². The van der Waals surface area contributed by atoms with Crippen LogP contribution in [0.1, 0.15) is 18.4 Å². The second-order valence-corrected chi connectivity index (χ2v) is 5.97. The molecule has 1 rings (SSSR count). The average Bonchev–Trinajstić information content (AvgIpc) is 2.21. The molecule has 0 saturated heterocycles. The molecule has 0 heterocycles. The summed E-state index contributed by atoms with van der Waals surface area (Å²) in [5.41, 5.74) is 0.953. The summed E-state index contributed by atoms with van der Waals surface area (Å²) in [6.45, 7) is 2.37. The topological polar surface area (TPSA) is 69.4 Å². The van der Waals surface area contributed by atoms with Gasteiger partial charge in [0.2, 0.25) is 10.0 Å². The first kappa shape index (κ1) is 14.3. The molecule has 0 saturated carbocycles. The Labute approximate surface area is 107 Å². The van der Waals surface area contributed by atoms with E-state index in [2.05, 4.69) is 0 Å². The molecule has 0 aliphatic carbocycles. The number of benzene rings is 1. The van der Waals surface area contributed by atoms with Gasteiger partial charge >= 0.3 is 0 Å². The van der Waals surface area contributed by atoms with Crippen LogP contribution < -0.4 is 9.88 Å². The highest BCUT2D eigenvalue weighted by Gasteiger charge is 2.02. The molecule has 4 nitrogen and oxygen atoms in total. The van der Waals surface area contributed by atoms with E-state index < -0.39 is 10.0 Å². The molecule has 0 amide bonds. The molecular weight excluding hydrogens is 262 g/mol. The molecule has 0 radical (unpaired) electrons. The Balaban J connectivity index is 2.29. The fraction of sp³-hybridized carbons (Fsp3) is 0.455. The number of hydrogen-bond acceptors (Lipinski definition) is 3. The number of halogens is 1. The van der Waals surface area contributed by atoms with E-state index in [0.717, 1.165) is 11.3 Å². The smallest absolute Gasteiger partial charge is 0.209 e. The second-order valence-electron chi connectivity index (χ2n) is 3.83. The van der Waals surface area contributed by atoms with E-state index in [1.54, 1.807) is 12.1 Å². The van der Waals surface area contributed by atoms with E-state index in [9.17, 15) is 8.42 Å². The first-order chi connectivity index (χ1) is 7.88. The minimum absolute atomic E-state index is 0.00396. The van der Waals surface area contributed by atoms with Crippen molar-refractivity contribution in [3.8, 4) is 5.75 Å². The Hall–Kier alpha value is -0.780. The highest BCUT2D eigenvalue weighted by atomic mass is 35.5. The summed E-state index contributed by atoms with van der Waals surface area (Å²) < 4.78 is 26.8. The maximum atomic E-state index is 10.7. The van der Waals surface area contributed by atoms with Gasteiger partial charge in [-0.3, -0.25) is 0 Å². The zero-order chi connectivity index (χ0) is 12.9. The van der Waals surface area contributed by atoms with Gasteiger partial charge in [-0.25, -0.2) is 13.6 Å². The third-order valence-electron chi connectivity index (χ3n) is 2.22. The van der Waals surface area contributed by atoms with Crippen LogP contribution in [-0.2, 0) is 10.0 Å². The standard InChI is InChI=1S/C11H16ClNO3S/c1-9-8-10(4-5-11(9)12)16-6-2-3-7-17(13,14)15/h4-5,8H,2-3,6-7H2,1H3,(H2,13,14,15).